The molecule has 0 radical (unpaired) electrons. The Morgan fingerprint density at radius 1 is 1.04 bits per heavy atom. The predicted octanol–water partition coefficient (Wildman–Crippen LogP) is 5.47. The van der Waals surface area contributed by atoms with E-state index in [4.69, 9.17) is 4.42 Å². The number of anilines is 3. The summed E-state index contributed by atoms with van der Waals surface area (Å²) in [5.41, 5.74) is 4.63. The Hall–Kier alpha value is -2.42. The van der Waals surface area contributed by atoms with E-state index in [1.807, 2.05) is 13.0 Å². The first-order valence-corrected chi connectivity index (χ1v) is 10.5. The van der Waals surface area contributed by atoms with Crippen molar-refractivity contribution in [3.8, 4) is 0 Å². The SMILES string of the molecule is Cc1ccc2c(n1)oc1c(N3c4nccnc4N(C(C)I)[C@@H]3C)c(C)ccc12. The fourth-order valence-electron chi connectivity index (χ4n) is 4.11. The predicted molar refractivity (Wildman–Crippen MR) is 121 cm³/mol. The Morgan fingerprint density at radius 3 is 2.50 bits per heavy atom. The fourth-order valence-corrected chi connectivity index (χ4v) is 4.84. The minimum absolute atomic E-state index is 0.0662. The lowest BCUT2D eigenvalue weighted by atomic mass is 10.1. The molecule has 0 saturated carbocycles. The number of benzene rings is 1. The van der Waals surface area contributed by atoms with Crippen LogP contribution in [-0.2, 0) is 0 Å². The van der Waals surface area contributed by atoms with Crippen molar-refractivity contribution in [1.82, 2.24) is 15.0 Å². The number of halogens is 1. The molecule has 0 amide bonds. The van der Waals surface area contributed by atoms with Crippen LogP contribution in [0.25, 0.3) is 22.1 Å². The molecule has 0 aliphatic carbocycles. The van der Waals surface area contributed by atoms with Gasteiger partial charge in [-0.2, -0.15) is 0 Å². The molecule has 1 unspecified atom stereocenters. The fraction of sp³-hybridized carbons (Fsp3) is 0.286. The molecule has 3 aromatic heterocycles. The highest BCUT2D eigenvalue weighted by molar-refractivity contribution is 14.1. The number of alkyl halides is 1. The zero-order valence-electron chi connectivity index (χ0n) is 16.1. The Bertz CT molecular complexity index is 1220. The largest absolute Gasteiger partial charge is 0.435 e. The lowest BCUT2D eigenvalue weighted by Crippen LogP contribution is -2.41. The maximum absolute atomic E-state index is 6.30. The summed E-state index contributed by atoms with van der Waals surface area (Å²) in [5.74, 6) is 1.76. The molecule has 6 nitrogen and oxygen atoms in total. The molecule has 28 heavy (non-hydrogen) atoms. The average Bonchev–Trinajstić information content (AvgIpc) is 3.16. The standard InChI is InChI=1S/C21H20IN5O/c1-11-5-7-15-16-8-6-12(2)25-21(16)28-18(15)17(11)27-14(4)26(13(3)22)19-20(27)24-10-9-23-19/h5-10,13-14H,1-4H3/t13?,14-/m0/s1. The van der Waals surface area contributed by atoms with Gasteiger partial charge in [-0.25, -0.2) is 15.0 Å². The highest BCUT2D eigenvalue weighted by Crippen LogP contribution is 2.47. The van der Waals surface area contributed by atoms with Crippen molar-refractivity contribution in [3.63, 3.8) is 0 Å². The summed E-state index contributed by atoms with van der Waals surface area (Å²) in [6.45, 7) is 8.44. The monoisotopic (exact) mass is 485 g/mol. The molecule has 1 aromatic carbocycles. The summed E-state index contributed by atoms with van der Waals surface area (Å²) >= 11 is 2.43. The second-order valence-electron chi connectivity index (χ2n) is 7.20. The Morgan fingerprint density at radius 2 is 1.75 bits per heavy atom. The van der Waals surface area contributed by atoms with Crippen LogP contribution in [0.5, 0.6) is 0 Å². The molecule has 0 fully saturated rings. The summed E-state index contributed by atoms with van der Waals surface area (Å²) in [6, 6.07) is 8.37. The van der Waals surface area contributed by atoms with Crippen LogP contribution in [0, 0.1) is 13.8 Å². The molecular weight excluding hydrogens is 465 g/mol. The van der Waals surface area contributed by atoms with Crippen molar-refractivity contribution >= 4 is 62.0 Å². The van der Waals surface area contributed by atoms with Gasteiger partial charge in [0, 0.05) is 28.9 Å². The van der Waals surface area contributed by atoms with Crippen LogP contribution in [-0.4, -0.2) is 25.2 Å². The van der Waals surface area contributed by atoms with Crippen LogP contribution < -0.4 is 9.80 Å². The number of hydrogen-bond donors (Lipinski definition) is 0. The topological polar surface area (TPSA) is 58.3 Å². The van der Waals surface area contributed by atoms with Gasteiger partial charge in [0.2, 0.25) is 5.71 Å². The van der Waals surface area contributed by atoms with Crippen LogP contribution in [0.2, 0.25) is 0 Å². The highest BCUT2D eigenvalue weighted by Gasteiger charge is 2.40. The average molecular weight is 485 g/mol. The van der Waals surface area contributed by atoms with Gasteiger partial charge in [0.1, 0.15) is 6.17 Å². The summed E-state index contributed by atoms with van der Waals surface area (Å²) in [5, 5.41) is 2.11. The third kappa shape index (κ3) is 2.41. The van der Waals surface area contributed by atoms with Gasteiger partial charge in [0.15, 0.2) is 17.2 Å². The maximum atomic E-state index is 6.30. The smallest absolute Gasteiger partial charge is 0.227 e. The Kier molecular flexibility index (Phi) is 3.97. The molecule has 1 aliphatic rings. The van der Waals surface area contributed by atoms with E-state index in [1.54, 1.807) is 12.4 Å². The van der Waals surface area contributed by atoms with Gasteiger partial charge in [-0.1, -0.05) is 34.7 Å². The number of fused-ring (bicyclic) bond motifs is 4. The van der Waals surface area contributed by atoms with E-state index in [9.17, 15) is 0 Å². The van der Waals surface area contributed by atoms with Crippen molar-refractivity contribution in [2.45, 2.75) is 37.9 Å². The molecular formula is C21H20IN5O. The molecule has 5 rings (SSSR count). The van der Waals surface area contributed by atoms with Gasteiger partial charge < -0.3 is 9.32 Å². The Balaban J connectivity index is 1.82. The minimum Gasteiger partial charge on any atom is -0.435 e. The van der Waals surface area contributed by atoms with Gasteiger partial charge in [0.05, 0.1) is 9.74 Å². The van der Waals surface area contributed by atoms with Crippen LogP contribution in [0.4, 0.5) is 17.3 Å². The first-order valence-electron chi connectivity index (χ1n) is 9.29. The summed E-state index contributed by atoms with van der Waals surface area (Å²) < 4.78 is 6.57. The van der Waals surface area contributed by atoms with E-state index in [0.717, 1.165) is 44.9 Å². The number of aromatic nitrogens is 3. The summed E-state index contributed by atoms with van der Waals surface area (Å²) in [7, 11) is 0. The third-order valence-corrected chi connectivity index (χ3v) is 5.96. The lowest BCUT2D eigenvalue weighted by Gasteiger charge is -2.31. The van der Waals surface area contributed by atoms with Gasteiger partial charge in [-0.3, -0.25) is 4.90 Å². The van der Waals surface area contributed by atoms with Crippen molar-refractivity contribution in [2.75, 3.05) is 9.80 Å². The quantitative estimate of drug-likeness (QED) is 0.213. The molecule has 0 bridgehead atoms. The molecule has 0 spiro atoms. The molecule has 0 N–H and O–H groups in total. The Labute approximate surface area is 176 Å². The van der Waals surface area contributed by atoms with Crippen LogP contribution in [0.15, 0.2) is 41.1 Å². The van der Waals surface area contributed by atoms with E-state index >= 15 is 0 Å². The summed E-state index contributed by atoms with van der Waals surface area (Å²) in [4.78, 5) is 18.4. The number of nitrogens with zero attached hydrogens (tertiary/aromatic N) is 5. The van der Waals surface area contributed by atoms with Crippen molar-refractivity contribution in [1.29, 1.82) is 0 Å². The third-order valence-electron chi connectivity index (χ3n) is 5.36. The highest BCUT2D eigenvalue weighted by atomic mass is 127. The zero-order chi connectivity index (χ0) is 19.6. The maximum Gasteiger partial charge on any atom is 0.227 e. The van der Waals surface area contributed by atoms with E-state index in [2.05, 4.69) is 86.3 Å². The molecule has 1 aliphatic heterocycles. The van der Waals surface area contributed by atoms with Gasteiger partial charge in [0.25, 0.3) is 0 Å². The molecule has 0 saturated heterocycles. The van der Waals surface area contributed by atoms with Crippen molar-refractivity contribution < 1.29 is 4.42 Å². The lowest BCUT2D eigenvalue weighted by molar-refractivity contribution is 0.640. The molecule has 142 valence electrons. The number of aryl methyl sites for hydroxylation is 2. The number of rotatable bonds is 2. The zero-order valence-corrected chi connectivity index (χ0v) is 18.3. The van der Waals surface area contributed by atoms with Crippen molar-refractivity contribution in [3.05, 3.63) is 47.9 Å². The van der Waals surface area contributed by atoms with Gasteiger partial charge >= 0.3 is 0 Å². The van der Waals surface area contributed by atoms with Crippen LogP contribution in [0.1, 0.15) is 25.1 Å². The normalized spacial score (nSPS) is 17.5. The number of pyridine rings is 1. The van der Waals surface area contributed by atoms with E-state index in [-0.39, 0.29) is 10.2 Å². The summed E-state index contributed by atoms with van der Waals surface area (Å²) in [6.07, 6.45) is 3.57. The second-order valence-corrected chi connectivity index (χ2v) is 9.00. The minimum atomic E-state index is 0.0662. The molecule has 4 heterocycles. The van der Waals surface area contributed by atoms with E-state index in [1.165, 1.54) is 0 Å². The van der Waals surface area contributed by atoms with E-state index < -0.39 is 0 Å². The van der Waals surface area contributed by atoms with Crippen LogP contribution in [0.3, 0.4) is 0 Å². The molecule has 4 aromatic rings. The van der Waals surface area contributed by atoms with Gasteiger partial charge in [-0.05, 0) is 45.4 Å². The second kappa shape index (κ2) is 6.30. The van der Waals surface area contributed by atoms with Gasteiger partial charge in [-0.15, -0.1) is 0 Å². The first-order chi connectivity index (χ1) is 13.5. The van der Waals surface area contributed by atoms with E-state index in [0.29, 0.717) is 5.71 Å². The first kappa shape index (κ1) is 17.7. The number of hydrogen-bond acceptors (Lipinski definition) is 6. The van der Waals surface area contributed by atoms with Crippen LogP contribution >= 0.6 is 22.6 Å². The molecule has 7 heteroatoms. The molecule has 2 atom stereocenters. The number of furan rings is 1. The van der Waals surface area contributed by atoms with Crippen molar-refractivity contribution in [2.24, 2.45) is 0 Å².